The molecule has 0 bridgehead atoms. The van der Waals surface area contributed by atoms with E-state index in [0.29, 0.717) is 5.54 Å². The van der Waals surface area contributed by atoms with Gasteiger partial charge in [0.1, 0.15) is 0 Å². The highest BCUT2D eigenvalue weighted by Gasteiger charge is 2.49. The minimum Gasteiger partial charge on any atom is -0.329 e. The lowest BCUT2D eigenvalue weighted by Crippen LogP contribution is -2.44. The van der Waals surface area contributed by atoms with Gasteiger partial charge in [-0.2, -0.15) is 0 Å². The van der Waals surface area contributed by atoms with Crippen molar-refractivity contribution < 1.29 is 0 Å². The predicted molar refractivity (Wildman–Crippen MR) is 46.4 cm³/mol. The molecule has 2 N–H and O–H groups in total. The van der Waals surface area contributed by atoms with Crippen LogP contribution in [0.3, 0.4) is 0 Å². The van der Waals surface area contributed by atoms with Gasteiger partial charge in [0, 0.05) is 18.1 Å². The van der Waals surface area contributed by atoms with Gasteiger partial charge < -0.3 is 5.73 Å². The second-order valence-corrected chi connectivity index (χ2v) is 4.11. The van der Waals surface area contributed by atoms with Crippen LogP contribution in [0.5, 0.6) is 0 Å². The van der Waals surface area contributed by atoms with Crippen molar-refractivity contribution in [3.63, 3.8) is 0 Å². The fraction of sp³-hybridized carbons (Fsp3) is 1.00. The third-order valence-electron chi connectivity index (χ3n) is 3.37. The van der Waals surface area contributed by atoms with Crippen molar-refractivity contribution in [2.24, 2.45) is 5.73 Å². The van der Waals surface area contributed by atoms with E-state index in [0.717, 1.165) is 12.6 Å². The molecule has 0 aromatic heterocycles. The third-order valence-corrected chi connectivity index (χ3v) is 3.37. The second-order valence-electron chi connectivity index (χ2n) is 4.11. The van der Waals surface area contributed by atoms with Crippen LogP contribution in [-0.4, -0.2) is 29.6 Å². The van der Waals surface area contributed by atoms with Crippen LogP contribution in [0.4, 0.5) is 0 Å². The summed E-state index contributed by atoms with van der Waals surface area (Å²) in [6, 6.07) is 0.793. The molecule has 0 aromatic rings. The molecule has 0 radical (unpaired) electrons. The highest BCUT2D eigenvalue weighted by Crippen LogP contribution is 2.44. The molecule has 0 amide bonds. The molecule has 1 aliphatic heterocycles. The Kier molecular flexibility index (Phi) is 1.69. The SMILES string of the molecule is CC1CCCN1C1(CN)CC1. The average Bonchev–Trinajstić information content (AvgIpc) is 2.70. The summed E-state index contributed by atoms with van der Waals surface area (Å²) in [4.78, 5) is 2.63. The van der Waals surface area contributed by atoms with Crippen molar-refractivity contribution in [3.05, 3.63) is 0 Å². The van der Waals surface area contributed by atoms with Crippen LogP contribution in [0.25, 0.3) is 0 Å². The predicted octanol–water partition coefficient (Wildman–Crippen LogP) is 0.962. The van der Waals surface area contributed by atoms with Gasteiger partial charge in [0.2, 0.25) is 0 Å². The zero-order valence-corrected chi connectivity index (χ0v) is 7.34. The van der Waals surface area contributed by atoms with E-state index in [1.54, 1.807) is 0 Å². The lowest BCUT2D eigenvalue weighted by molar-refractivity contribution is 0.175. The summed E-state index contributed by atoms with van der Waals surface area (Å²) in [5.41, 5.74) is 6.22. The largest absolute Gasteiger partial charge is 0.329 e. The summed E-state index contributed by atoms with van der Waals surface area (Å²) in [5, 5.41) is 0. The minimum absolute atomic E-state index is 0.454. The van der Waals surface area contributed by atoms with Crippen LogP contribution < -0.4 is 5.73 Å². The van der Waals surface area contributed by atoms with Gasteiger partial charge in [0.25, 0.3) is 0 Å². The number of rotatable bonds is 2. The van der Waals surface area contributed by atoms with Gasteiger partial charge in [-0.3, -0.25) is 4.90 Å². The van der Waals surface area contributed by atoms with Crippen molar-refractivity contribution in [2.45, 2.75) is 44.2 Å². The van der Waals surface area contributed by atoms with E-state index >= 15 is 0 Å². The first kappa shape index (κ1) is 7.56. The van der Waals surface area contributed by atoms with Crippen molar-refractivity contribution in [1.29, 1.82) is 0 Å². The van der Waals surface area contributed by atoms with E-state index in [1.807, 2.05) is 0 Å². The maximum atomic E-state index is 5.77. The topological polar surface area (TPSA) is 29.3 Å². The first-order chi connectivity index (χ1) is 5.28. The van der Waals surface area contributed by atoms with E-state index < -0.39 is 0 Å². The minimum atomic E-state index is 0.454. The smallest absolute Gasteiger partial charge is 0.0335 e. The zero-order valence-electron chi connectivity index (χ0n) is 7.34. The maximum absolute atomic E-state index is 5.77. The third kappa shape index (κ3) is 1.09. The van der Waals surface area contributed by atoms with E-state index in [1.165, 1.54) is 32.2 Å². The van der Waals surface area contributed by atoms with Crippen LogP contribution in [-0.2, 0) is 0 Å². The number of hydrogen-bond acceptors (Lipinski definition) is 2. The van der Waals surface area contributed by atoms with E-state index in [-0.39, 0.29) is 0 Å². The molecular formula is C9H18N2. The van der Waals surface area contributed by atoms with Crippen molar-refractivity contribution in [1.82, 2.24) is 4.90 Å². The van der Waals surface area contributed by atoms with Crippen molar-refractivity contribution >= 4 is 0 Å². The Hall–Kier alpha value is -0.0800. The van der Waals surface area contributed by atoms with Crippen LogP contribution in [0.2, 0.25) is 0 Å². The number of likely N-dealkylation sites (tertiary alicyclic amines) is 1. The van der Waals surface area contributed by atoms with Gasteiger partial charge in [-0.25, -0.2) is 0 Å². The molecule has 1 aliphatic carbocycles. The van der Waals surface area contributed by atoms with Gasteiger partial charge in [0.15, 0.2) is 0 Å². The molecule has 2 nitrogen and oxygen atoms in total. The Balaban J connectivity index is 2.03. The van der Waals surface area contributed by atoms with Crippen LogP contribution in [0, 0.1) is 0 Å². The van der Waals surface area contributed by atoms with Gasteiger partial charge >= 0.3 is 0 Å². The van der Waals surface area contributed by atoms with Crippen molar-refractivity contribution in [2.75, 3.05) is 13.1 Å². The first-order valence-corrected chi connectivity index (χ1v) is 4.75. The van der Waals surface area contributed by atoms with Crippen molar-refractivity contribution in [3.8, 4) is 0 Å². The lowest BCUT2D eigenvalue weighted by Gasteiger charge is -2.30. The molecule has 0 aromatic carbocycles. The van der Waals surface area contributed by atoms with Crippen LogP contribution >= 0.6 is 0 Å². The highest BCUT2D eigenvalue weighted by atomic mass is 15.3. The molecule has 0 spiro atoms. The molecule has 11 heavy (non-hydrogen) atoms. The molecule has 1 atom stereocenters. The van der Waals surface area contributed by atoms with E-state index in [9.17, 15) is 0 Å². The molecule has 2 aliphatic rings. The lowest BCUT2D eigenvalue weighted by atomic mass is 10.2. The molecule has 1 unspecified atom stereocenters. The normalized spacial score (nSPS) is 36.0. The molecular weight excluding hydrogens is 136 g/mol. The Morgan fingerprint density at radius 3 is 2.64 bits per heavy atom. The van der Waals surface area contributed by atoms with Crippen LogP contribution in [0.15, 0.2) is 0 Å². The number of hydrogen-bond donors (Lipinski definition) is 1. The standard InChI is InChI=1S/C9H18N2/c1-8-3-2-6-11(8)9(7-10)4-5-9/h8H,2-7,10H2,1H3. The monoisotopic (exact) mass is 154 g/mol. The van der Waals surface area contributed by atoms with E-state index in [2.05, 4.69) is 11.8 Å². The molecule has 2 rings (SSSR count). The van der Waals surface area contributed by atoms with Crippen LogP contribution in [0.1, 0.15) is 32.6 Å². The molecule has 2 fully saturated rings. The number of nitrogens with zero attached hydrogens (tertiary/aromatic N) is 1. The second kappa shape index (κ2) is 2.46. The summed E-state index contributed by atoms with van der Waals surface area (Å²) < 4.78 is 0. The summed E-state index contributed by atoms with van der Waals surface area (Å²) in [6.07, 6.45) is 5.44. The number of nitrogens with two attached hydrogens (primary N) is 1. The zero-order chi connectivity index (χ0) is 7.90. The first-order valence-electron chi connectivity index (χ1n) is 4.75. The molecule has 1 saturated heterocycles. The summed E-state index contributed by atoms with van der Waals surface area (Å²) in [5.74, 6) is 0. The van der Waals surface area contributed by atoms with E-state index in [4.69, 9.17) is 5.73 Å². The Morgan fingerprint density at radius 2 is 2.27 bits per heavy atom. The molecule has 1 saturated carbocycles. The molecule has 1 heterocycles. The maximum Gasteiger partial charge on any atom is 0.0335 e. The highest BCUT2D eigenvalue weighted by molar-refractivity contribution is 5.07. The van der Waals surface area contributed by atoms with Gasteiger partial charge in [0.05, 0.1) is 0 Å². The average molecular weight is 154 g/mol. The van der Waals surface area contributed by atoms with Gasteiger partial charge in [-0.05, 0) is 39.2 Å². The Morgan fingerprint density at radius 1 is 1.55 bits per heavy atom. The molecule has 64 valence electrons. The van der Waals surface area contributed by atoms with Gasteiger partial charge in [-0.1, -0.05) is 0 Å². The fourth-order valence-electron chi connectivity index (χ4n) is 2.39. The summed E-state index contributed by atoms with van der Waals surface area (Å²) in [7, 11) is 0. The fourth-order valence-corrected chi connectivity index (χ4v) is 2.39. The summed E-state index contributed by atoms with van der Waals surface area (Å²) >= 11 is 0. The molecule has 2 heteroatoms. The quantitative estimate of drug-likeness (QED) is 0.642. The summed E-state index contributed by atoms with van der Waals surface area (Å²) in [6.45, 7) is 4.50. The Bertz CT molecular complexity index is 152. The van der Waals surface area contributed by atoms with Gasteiger partial charge in [-0.15, -0.1) is 0 Å². The Labute approximate surface area is 68.7 Å².